The van der Waals surface area contributed by atoms with Gasteiger partial charge in [0, 0.05) is 0 Å². The molecule has 2 radical (unpaired) electrons. The summed E-state index contributed by atoms with van der Waals surface area (Å²) in [6, 6.07) is 0. The van der Waals surface area contributed by atoms with Crippen LogP contribution in [0.15, 0.2) is 0 Å². The Labute approximate surface area is 159 Å². The monoisotopic (exact) mass is 342 g/mol. The van der Waals surface area contributed by atoms with E-state index >= 15 is 0 Å². The fourth-order valence-corrected chi connectivity index (χ4v) is 7.03. The molecule has 3 fully saturated rings. The molecule has 0 aromatic carbocycles. The molecule has 0 aromatic heterocycles. The van der Waals surface area contributed by atoms with Crippen molar-refractivity contribution in [2.45, 2.75) is 122 Å². The van der Waals surface area contributed by atoms with Gasteiger partial charge in [0.2, 0.25) is 0 Å². The van der Waals surface area contributed by atoms with Gasteiger partial charge in [-0.2, -0.15) is 0 Å². The van der Waals surface area contributed by atoms with Crippen molar-refractivity contribution in [3.05, 3.63) is 0 Å². The third kappa shape index (κ3) is 4.87. The van der Waals surface area contributed by atoms with Gasteiger partial charge in [0.15, 0.2) is 0 Å². The molecule has 0 N–H and O–H groups in total. The van der Waals surface area contributed by atoms with E-state index in [0.717, 1.165) is 29.6 Å². The lowest BCUT2D eigenvalue weighted by Crippen LogP contribution is -2.40. The van der Waals surface area contributed by atoms with E-state index in [1.54, 1.807) is 0 Å². The molecule has 1 heteroatoms. The summed E-state index contributed by atoms with van der Waals surface area (Å²) in [5.41, 5.74) is 0. The van der Waals surface area contributed by atoms with Crippen molar-refractivity contribution in [3.63, 3.8) is 0 Å². The molecular weight excluding hydrogens is 299 g/mol. The summed E-state index contributed by atoms with van der Waals surface area (Å²) in [6.07, 6.45) is 23.0. The first kappa shape index (κ1) is 19.8. The van der Waals surface area contributed by atoms with Crippen LogP contribution in [0.1, 0.15) is 117 Å². The third-order valence-electron chi connectivity index (χ3n) is 8.31. The number of fused-ring (bicyclic) bond motifs is 1. The largest absolute Gasteiger partial charge is 0.0750 e. The average molecular weight is 342 g/mol. The Morgan fingerprint density at radius 3 is 1.92 bits per heavy atom. The van der Waals surface area contributed by atoms with Crippen molar-refractivity contribution in [3.8, 4) is 0 Å². The zero-order chi connectivity index (χ0) is 17.7. The van der Waals surface area contributed by atoms with Crippen molar-refractivity contribution in [2.75, 3.05) is 0 Å². The lowest BCUT2D eigenvalue weighted by Gasteiger charge is -2.50. The van der Waals surface area contributed by atoms with Gasteiger partial charge in [0.05, 0.1) is 7.85 Å². The first-order valence-corrected chi connectivity index (χ1v) is 11.9. The van der Waals surface area contributed by atoms with E-state index in [9.17, 15) is 0 Å². The Hall–Kier alpha value is 0.0649. The predicted molar refractivity (Wildman–Crippen MR) is 111 cm³/mol. The van der Waals surface area contributed by atoms with E-state index < -0.39 is 0 Å². The van der Waals surface area contributed by atoms with Gasteiger partial charge in [0.25, 0.3) is 0 Å². The van der Waals surface area contributed by atoms with E-state index in [4.69, 9.17) is 7.85 Å². The molecule has 0 nitrogen and oxygen atoms in total. The SMILES string of the molecule is [B]C1(C2C(C(C)C)CCCC3CCCCCCC32)CCCCCCC1. The van der Waals surface area contributed by atoms with Crippen LogP contribution in [0, 0.1) is 29.6 Å². The van der Waals surface area contributed by atoms with E-state index in [0.29, 0.717) is 0 Å². The van der Waals surface area contributed by atoms with Crippen LogP contribution >= 0.6 is 0 Å². The highest BCUT2D eigenvalue weighted by Crippen LogP contribution is 2.58. The highest BCUT2D eigenvalue weighted by Gasteiger charge is 2.46. The maximum absolute atomic E-state index is 7.40. The van der Waals surface area contributed by atoms with Crippen LogP contribution in [-0.4, -0.2) is 7.85 Å². The Kier molecular flexibility index (Phi) is 7.39. The van der Waals surface area contributed by atoms with Gasteiger partial charge in [-0.3, -0.25) is 0 Å². The molecule has 0 saturated heterocycles. The first-order valence-electron chi connectivity index (χ1n) is 11.9. The Morgan fingerprint density at radius 2 is 1.24 bits per heavy atom. The zero-order valence-corrected chi connectivity index (χ0v) is 17.3. The second kappa shape index (κ2) is 9.32. The Bertz CT molecular complexity index is 380. The summed E-state index contributed by atoms with van der Waals surface area (Å²) < 4.78 is 0. The Morgan fingerprint density at radius 1 is 0.680 bits per heavy atom. The smallest absolute Gasteiger partial charge is 0.0627 e. The Balaban J connectivity index is 1.91. The molecule has 3 saturated carbocycles. The molecule has 3 rings (SSSR count). The summed E-state index contributed by atoms with van der Waals surface area (Å²) >= 11 is 0. The van der Waals surface area contributed by atoms with Crippen LogP contribution < -0.4 is 0 Å². The van der Waals surface area contributed by atoms with Gasteiger partial charge < -0.3 is 0 Å². The summed E-state index contributed by atoms with van der Waals surface area (Å²) in [5.74, 6) is 4.40. The highest BCUT2D eigenvalue weighted by molar-refractivity contribution is 6.15. The van der Waals surface area contributed by atoms with Crippen molar-refractivity contribution < 1.29 is 0 Å². The first-order chi connectivity index (χ1) is 12.1. The third-order valence-corrected chi connectivity index (χ3v) is 8.31. The van der Waals surface area contributed by atoms with Gasteiger partial charge in [-0.1, -0.05) is 109 Å². The van der Waals surface area contributed by atoms with Crippen molar-refractivity contribution >= 4 is 7.85 Å². The molecule has 0 aliphatic heterocycles. The van der Waals surface area contributed by atoms with Crippen LogP contribution in [0.3, 0.4) is 0 Å². The molecule has 3 aliphatic rings. The molecule has 0 amide bonds. The lowest BCUT2D eigenvalue weighted by molar-refractivity contribution is 0.0664. The van der Waals surface area contributed by atoms with Gasteiger partial charge in [0.1, 0.15) is 0 Å². The summed E-state index contributed by atoms with van der Waals surface area (Å²) in [4.78, 5) is 0. The topological polar surface area (TPSA) is 0 Å². The molecular formula is C24H43B. The minimum Gasteiger partial charge on any atom is -0.0627 e. The van der Waals surface area contributed by atoms with E-state index in [-0.39, 0.29) is 5.31 Å². The molecule has 0 heterocycles. The number of hydrogen-bond donors (Lipinski definition) is 0. The zero-order valence-electron chi connectivity index (χ0n) is 17.3. The van der Waals surface area contributed by atoms with E-state index in [1.807, 2.05) is 0 Å². The summed E-state index contributed by atoms with van der Waals surface area (Å²) in [5, 5.41) is 0.141. The quantitative estimate of drug-likeness (QED) is 0.451. The molecule has 0 bridgehead atoms. The summed E-state index contributed by atoms with van der Waals surface area (Å²) in [7, 11) is 7.40. The van der Waals surface area contributed by atoms with Gasteiger partial charge in [-0.25, -0.2) is 0 Å². The van der Waals surface area contributed by atoms with Crippen LogP contribution in [0.5, 0.6) is 0 Å². The fourth-order valence-electron chi connectivity index (χ4n) is 7.03. The van der Waals surface area contributed by atoms with E-state index in [1.165, 1.54) is 103 Å². The molecule has 4 unspecified atom stereocenters. The predicted octanol–water partition coefficient (Wildman–Crippen LogP) is 7.72. The van der Waals surface area contributed by atoms with Crippen LogP contribution in [0.2, 0.25) is 5.31 Å². The van der Waals surface area contributed by atoms with Crippen molar-refractivity contribution in [1.82, 2.24) is 0 Å². The minimum atomic E-state index is 0.141. The molecule has 0 aromatic rings. The highest BCUT2D eigenvalue weighted by atomic mass is 14.5. The van der Waals surface area contributed by atoms with Crippen molar-refractivity contribution in [1.29, 1.82) is 0 Å². The van der Waals surface area contributed by atoms with Crippen LogP contribution in [0.4, 0.5) is 0 Å². The maximum Gasteiger partial charge on any atom is 0.0750 e. The second-order valence-electron chi connectivity index (χ2n) is 10.3. The molecule has 4 atom stereocenters. The van der Waals surface area contributed by atoms with Gasteiger partial charge >= 0.3 is 0 Å². The molecule has 142 valence electrons. The standard InChI is InChI=1S/C24H43B/c1-19(2)21-16-12-14-20-13-8-4-5-9-15-22(20)23(21)24(25)17-10-6-3-7-11-18-24/h19-23H,3-18H2,1-2H3. The maximum atomic E-state index is 7.40. The molecule has 25 heavy (non-hydrogen) atoms. The number of rotatable bonds is 2. The van der Waals surface area contributed by atoms with Gasteiger partial charge in [-0.05, 0) is 42.4 Å². The van der Waals surface area contributed by atoms with Crippen molar-refractivity contribution in [2.24, 2.45) is 29.6 Å². The lowest BCUT2D eigenvalue weighted by atomic mass is 9.47. The minimum absolute atomic E-state index is 0.141. The second-order valence-corrected chi connectivity index (χ2v) is 10.3. The van der Waals surface area contributed by atoms with E-state index in [2.05, 4.69) is 13.8 Å². The molecule has 3 aliphatic carbocycles. The van der Waals surface area contributed by atoms with Gasteiger partial charge in [-0.15, -0.1) is 0 Å². The average Bonchev–Trinajstić information content (AvgIpc) is 2.71. The molecule has 0 spiro atoms. The number of hydrogen-bond acceptors (Lipinski definition) is 0. The van der Waals surface area contributed by atoms with Crippen LogP contribution in [0.25, 0.3) is 0 Å². The van der Waals surface area contributed by atoms with Crippen LogP contribution in [-0.2, 0) is 0 Å². The normalized spacial score (nSPS) is 37.9. The fraction of sp³-hybridized carbons (Fsp3) is 1.00. The summed E-state index contributed by atoms with van der Waals surface area (Å²) in [6.45, 7) is 4.99.